The molecule has 0 aromatic carbocycles. The summed E-state index contributed by atoms with van der Waals surface area (Å²) in [5, 5.41) is 20.6. The van der Waals surface area contributed by atoms with Crippen LogP contribution in [-0.4, -0.2) is 70.7 Å². The number of hydrogen-bond donors (Lipinski definition) is 2. The van der Waals surface area contributed by atoms with Crippen molar-refractivity contribution in [2.45, 2.75) is 64.3 Å². The summed E-state index contributed by atoms with van der Waals surface area (Å²) in [4.78, 5) is 45.0. The first kappa shape index (κ1) is 23.3. The van der Waals surface area contributed by atoms with Crippen LogP contribution in [0.5, 0.6) is 0 Å². The van der Waals surface area contributed by atoms with Crippen molar-refractivity contribution in [3.05, 3.63) is 24.3 Å². The zero-order valence-corrected chi connectivity index (χ0v) is 15.9. The highest BCUT2D eigenvalue weighted by Gasteiger charge is 2.35. The van der Waals surface area contributed by atoms with Gasteiger partial charge in [-0.1, -0.05) is 6.08 Å². The van der Waals surface area contributed by atoms with Crippen LogP contribution in [0.4, 0.5) is 0 Å². The molecule has 0 aromatic rings. The molecule has 0 fully saturated rings. The fraction of sp³-hybridized carbons (Fsp3) is 0.556. The Morgan fingerprint density at radius 2 is 1.68 bits per heavy atom. The van der Waals surface area contributed by atoms with E-state index in [0.29, 0.717) is 0 Å². The van der Waals surface area contributed by atoms with Crippen LogP contribution in [0.3, 0.4) is 0 Å². The molecule has 0 aromatic heterocycles. The number of hydrogen-bond acceptors (Lipinski definition) is 10. The predicted molar refractivity (Wildman–Crippen MR) is 92.5 cm³/mol. The average molecular weight is 400 g/mol. The van der Waals surface area contributed by atoms with E-state index in [1.165, 1.54) is 13.0 Å². The molecule has 0 amide bonds. The first-order valence-electron chi connectivity index (χ1n) is 8.46. The summed E-state index contributed by atoms with van der Waals surface area (Å²) in [6, 6.07) is 0. The number of ether oxygens (including phenoxy) is 4. The molecule has 0 radical (unpaired) electrons. The van der Waals surface area contributed by atoms with Gasteiger partial charge in [0.2, 0.25) is 0 Å². The lowest BCUT2D eigenvalue weighted by Crippen LogP contribution is -2.44. The first-order chi connectivity index (χ1) is 13.0. The van der Waals surface area contributed by atoms with Gasteiger partial charge in [0.15, 0.2) is 12.2 Å². The average Bonchev–Trinajstić information content (AvgIpc) is 2.57. The van der Waals surface area contributed by atoms with Gasteiger partial charge < -0.3 is 29.2 Å². The van der Waals surface area contributed by atoms with E-state index >= 15 is 0 Å². The summed E-state index contributed by atoms with van der Waals surface area (Å²) in [5.41, 5.74) is 0. The topological polar surface area (TPSA) is 146 Å². The number of aliphatic hydroxyl groups excluding tert-OH is 2. The third-order valence-electron chi connectivity index (χ3n) is 3.61. The second-order valence-corrected chi connectivity index (χ2v) is 6.09. The summed E-state index contributed by atoms with van der Waals surface area (Å²) in [5.74, 6) is -2.73. The molecule has 2 N–H and O–H groups in total. The maximum absolute atomic E-state index is 11.5. The molecule has 0 saturated heterocycles. The Morgan fingerprint density at radius 1 is 1.07 bits per heavy atom. The third kappa shape index (κ3) is 7.49. The van der Waals surface area contributed by atoms with Crippen LogP contribution in [0.2, 0.25) is 0 Å². The van der Waals surface area contributed by atoms with E-state index in [1.54, 1.807) is 0 Å². The lowest BCUT2D eigenvalue weighted by molar-refractivity contribution is -0.168. The highest BCUT2D eigenvalue weighted by Crippen LogP contribution is 2.18. The van der Waals surface area contributed by atoms with E-state index in [2.05, 4.69) is 0 Å². The number of cyclic esters (lactones) is 1. The second kappa shape index (κ2) is 10.6. The fourth-order valence-corrected chi connectivity index (χ4v) is 2.43. The fourth-order valence-electron chi connectivity index (χ4n) is 2.43. The van der Waals surface area contributed by atoms with Crippen LogP contribution in [0, 0.1) is 0 Å². The van der Waals surface area contributed by atoms with Gasteiger partial charge in [-0.3, -0.25) is 14.4 Å². The minimum absolute atomic E-state index is 0.637. The Balaban J connectivity index is 2.94. The van der Waals surface area contributed by atoms with E-state index in [0.717, 1.165) is 39.0 Å². The zero-order valence-electron chi connectivity index (χ0n) is 15.9. The number of carbonyl (C=O) groups excluding carboxylic acids is 4. The van der Waals surface area contributed by atoms with Gasteiger partial charge in [-0.25, -0.2) is 4.79 Å². The van der Waals surface area contributed by atoms with Crippen molar-refractivity contribution < 1.29 is 48.3 Å². The van der Waals surface area contributed by atoms with Crippen LogP contribution in [0.25, 0.3) is 0 Å². The van der Waals surface area contributed by atoms with E-state index in [4.69, 9.17) is 18.9 Å². The number of rotatable bonds is 8. The molecule has 6 unspecified atom stereocenters. The monoisotopic (exact) mass is 400 g/mol. The van der Waals surface area contributed by atoms with Crippen molar-refractivity contribution in [1.29, 1.82) is 0 Å². The molecule has 6 atom stereocenters. The quantitative estimate of drug-likeness (QED) is 0.312. The highest BCUT2D eigenvalue weighted by molar-refractivity contribution is 5.83. The Kier molecular flexibility index (Phi) is 8.80. The lowest BCUT2D eigenvalue weighted by atomic mass is 10.0. The molecule has 28 heavy (non-hydrogen) atoms. The van der Waals surface area contributed by atoms with Crippen molar-refractivity contribution >= 4 is 23.9 Å². The minimum atomic E-state index is -1.45. The van der Waals surface area contributed by atoms with Crippen LogP contribution in [-0.2, 0) is 38.1 Å². The van der Waals surface area contributed by atoms with Crippen molar-refractivity contribution in [3.63, 3.8) is 0 Å². The van der Waals surface area contributed by atoms with Crippen LogP contribution in [0.1, 0.15) is 27.7 Å². The lowest BCUT2D eigenvalue weighted by Gasteiger charge is -2.29. The van der Waals surface area contributed by atoms with Gasteiger partial charge in [0.05, 0.1) is 0 Å². The number of aliphatic hydroxyl groups is 2. The second-order valence-electron chi connectivity index (χ2n) is 6.09. The van der Waals surface area contributed by atoms with Gasteiger partial charge >= 0.3 is 23.9 Å². The molecule has 0 bridgehead atoms. The largest absolute Gasteiger partial charge is 0.460 e. The van der Waals surface area contributed by atoms with Gasteiger partial charge in [-0.05, 0) is 19.1 Å². The van der Waals surface area contributed by atoms with Gasteiger partial charge in [-0.15, -0.1) is 0 Å². The normalized spacial score (nSPS) is 23.3. The van der Waals surface area contributed by atoms with Crippen molar-refractivity contribution in [2.75, 3.05) is 0 Å². The predicted octanol–water partition coefficient (Wildman–Crippen LogP) is -0.439. The minimum Gasteiger partial charge on any atom is -0.460 e. The smallest absolute Gasteiger partial charge is 0.331 e. The Bertz CT molecular complexity index is 653. The van der Waals surface area contributed by atoms with E-state index in [-0.39, 0.29) is 0 Å². The van der Waals surface area contributed by atoms with Crippen LogP contribution in [0.15, 0.2) is 24.3 Å². The summed E-state index contributed by atoms with van der Waals surface area (Å²) in [7, 11) is 0. The third-order valence-corrected chi connectivity index (χ3v) is 3.61. The number of esters is 4. The van der Waals surface area contributed by atoms with Gasteiger partial charge in [0.25, 0.3) is 0 Å². The molecule has 0 spiro atoms. The molecule has 10 heteroatoms. The van der Waals surface area contributed by atoms with E-state index in [9.17, 15) is 29.4 Å². The summed E-state index contributed by atoms with van der Waals surface area (Å²) in [6.45, 7) is 4.83. The van der Waals surface area contributed by atoms with Crippen molar-refractivity contribution in [1.82, 2.24) is 0 Å². The van der Waals surface area contributed by atoms with E-state index < -0.39 is 60.5 Å². The molecule has 1 rings (SSSR count). The molecule has 1 aliphatic rings. The Morgan fingerprint density at radius 3 is 2.21 bits per heavy atom. The summed E-state index contributed by atoms with van der Waals surface area (Å²) >= 11 is 0. The molecule has 0 saturated carbocycles. The van der Waals surface area contributed by atoms with Gasteiger partial charge in [0, 0.05) is 26.8 Å². The maximum Gasteiger partial charge on any atom is 0.331 e. The molecule has 1 aliphatic heterocycles. The van der Waals surface area contributed by atoms with Crippen LogP contribution >= 0.6 is 0 Å². The Hall–Kier alpha value is -2.72. The van der Waals surface area contributed by atoms with Crippen LogP contribution < -0.4 is 0 Å². The SMILES string of the molecule is CC(=O)OC(C)C(O)C(C=CC(O)C1OC(=O)C=CC1OC(C)=O)OC(C)=O. The van der Waals surface area contributed by atoms with Crippen molar-refractivity contribution in [3.8, 4) is 0 Å². The van der Waals surface area contributed by atoms with Gasteiger partial charge in [-0.2, -0.15) is 0 Å². The van der Waals surface area contributed by atoms with Crippen molar-refractivity contribution in [2.24, 2.45) is 0 Å². The maximum atomic E-state index is 11.5. The molecular weight excluding hydrogens is 376 g/mol. The number of carbonyl (C=O) groups is 4. The molecule has 156 valence electrons. The zero-order chi connectivity index (χ0) is 21.4. The summed E-state index contributed by atoms with van der Waals surface area (Å²) < 4.78 is 19.8. The Labute approximate surface area is 161 Å². The standard InChI is InChI=1S/C18H24O10/c1-9(25-10(2)19)17(24)14(26-11(3)20)6-5-13(22)18-15(27-12(4)21)7-8-16(23)28-18/h5-9,13-15,17-18,22,24H,1-4H3. The molecule has 0 aliphatic carbocycles. The molecule has 10 nitrogen and oxygen atoms in total. The van der Waals surface area contributed by atoms with E-state index in [1.807, 2.05) is 0 Å². The van der Waals surface area contributed by atoms with Gasteiger partial charge in [0.1, 0.15) is 24.4 Å². The first-order valence-corrected chi connectivity index (χ1v) is 8.46. The molecule has 1 heterocycles. The summed E-state index contributed by atoms with van der Waals surface area (Å²) in [6.07, 6.45) is -2.79. The highest BCUT2D eigenvalue weighted by atomic mass is 16.6. The molecular formula is C18H24O10.